The van der Waals surface area contributed by atoms with E-state index in [0.29, 0.717) is 35.3 Å². The molecule has 6 nitrogen and oxygen atoms in total. The minimum absolute atomic E-state index is 0.0591. The van der Waals surface area contributed by atoms with Crippen LogP contribution < -0.4 is 5.56 Å². The maximum Gasteiger partial charge on any atom is 0.596 e. The highest BCUT2D eigenvalue weighted by atomic mass is 32.2. The summed E-state index contributed by atoms with van der Waals surface area (Å²) in [6.07, 6.45) is 11.1. The average Bonchev–Trinajstić information content (AvgIpc) is 2.81. The third kappa shape index (κ3) is 5.09. The summed E-state index contributed by atoms with van der Waals surface area (Å²) in [5.41, 5.74) is 2.66. The first-order valence-corrected chi connectivity index (χ1v) is 12.9. The summed E-state index contributed by atoms with van der Waals surface area (Å²) in [7, 11) is 0. The third-order valence-corrected chi connectivity index (χ3v) is 6.58. The van der Waals surface area contributed by atoms with Gasteiger partial charge in [-0.2, -0.15) is 4.79 Å². The number of rotatable bonds is 4. The van der Waals surface area contributed by atoms with Gasteiger partial charge in [-0.05, 0) is 50.5 Å². The Hall–Kier alpha value is -2.93. The second-order valence-electron chi connectivity index (χ2n) is 9.78. The second kappa shape index (κ2) is 9.74. The maximum atomic E-state index is 13.9. The smallest absolute Gasteiger partial charge is 0.406 e. The first-order chi connectivity index (χ1) is 16.2. The SMILES string of the molecule is CSc1nc2c(c(=O)n1C(C1=CCC(C)C=C1)c1ccccc1)CC[N+](C(=O)OC(C)(C)C)=C2. The van der Waals surface area contributed by atoms with Crippen LogP contribution in [0, 0.1) is 5.92 Å². The van der Waals surface area contributed by atoms with Crippen molar-refractivity contribution < 1.29 is 14.1 Å². The van der Waals surface area contributed by atoms with Gasteiger partial charge in [0.25, 0.3) is 5.56 Å². The monoisotopic (exact) mass is 478 g/mol. The Bertz CT molecular complexity index is 1240. The van der Waals surface area contributed by atoms with Crippen molar-refractivity contribution in [2.24, 2.45) is 5.92 Å². The second-order valence-corrected chi connectivity index (χ2v) is 10.6. The van der Waals surface area contributed by atoms with Gasteiger partial charge in [0.15, 0.2) is 11.7 Å². The quantitative estimate of drug-likeness (QED) is 0.352. The van der Waals surface area contributed by atoms with Crippen LogP contribution in [-0.4, -0.2) is 44.8 Å². The molecule has 1 amide bonds. The highest BCUT2D eigenvalue weighted by Gasteiger charge is 2.33. The molecular formula is C27H32N3O3S+. The Labute approximate surface area is 205 Å². The zero-order valence-corrected chi connectivity index (χ0v) is 21.3. The van der Waals surface area contributed by atoms with Crippen molar-refractivity contribution in [2.45, 2.75) is 57.3 Å². The number of thioether (sulfide) groups is 1. The van der Waals surface area contributed by atoms with Crippen LogP contribution in [-0.2, 0) is 11.2 Å². The molecule has 7 heteroatoms. The van der Waals surface area contributed by atoms with Gasteiger partial charge in [-0.25, -0.2) is 4.98 Å². The number of carbonyl (C=O) groups is 1. The van der Waals surface area contributed by atoms with Gasteiger partial charge < -0.3 is 4.74 Å². The molecule has 178 valence electrons. The minimum atomic E-state index is -0.589. The largest absolute Gasteiger partial charge is 0.596 e. The van der Waals surface area contributed by atoms with Gasteiger partial charge in [0.1, 0.15) is 11.3 Å². The Kier molecular flexibility index (Phi) is 6.94. The van der Waals surface area contributed by atoms with E-state index >= 15 is 0 Å². The Morgan fingerprint density at radius 1 is 1.26 bits per heavy atom. The molecular weight excluding hydrogens is 446 g/mol. The number of hydrogen-bond acceptors (Lipinski definition) is 5. The highest BCUT2D eigenvalue weighted by Crippen LogP contribution is 2.33. The molecule has 1 aliphatic heterocycles. The van der Waals surface area contributed by atoms with E-state index < -0.39 is 11.7 Å². The lowest BCUT2D eigenvalue weighted by atomic mass is 9.90. The standard InChI is InChI=1S/C27H32N3O3S/c1-18-11-13-20(14-12-18)23(19-9-7-6-8-10-19)30-24(31)21-15-16-29(26(32)33-27(2,3)4)17-22(21)28-25(30)34-5/h6-11,13-14,17-18,23H,12,15-16H2,1-5H3/q+1. The number of benzene rings is 1. The van der Waals surface area contributed by atoms with Gasteiger partial charge >= 0.3 is 6.09 Å². The molecule has 2 heterocycles. The van der Waals surface area contributed by atoms with Gasteiger partial charge in [0.2, 0.25) is 6.21 Å². The summed E-state index contributed by atoms with van der Waals surface area (Å²) in [4.78, 5) is 31.4. The zero-order valence-electron chi connectivity index (χ0n) is 20.4. The first-order valence-electron chi connectivity index (χ1n) is 11.6. The fraction of sp³-hybridized carbons (Fsp3) is 0.407. The van der Waals surface area contributed by atoms with E-state index in [9.17, 15) is 9.59 Å². The zero-order chi connectivity index (χ0) is 24.5. The van der Waals surface area contributed by atoms with E-state index in [4.69, 9.17) is 9.72 Å². The van der Waals surface area contributed by atoms with Crippen molar-refractivity contribution in [3.63, 3.8) is 0 Å². The van der Waals surface area contributed by atoms with Gasteiger partial charge in [-0.3, -0.25) is 9.36 Å². The van der Waals surface area contributed by atoms with Crippen molar-refractivity contribution in [1.82, 2.24) is 9.55 Å². The lowest BCUT2D eigenvalue weighted by Crippen LogP contribution is -2.39. The van der Waals surface area contributed by atoms with Gasteiger partial charge in [-0.1, -0.05) is 67.2 Å². The fourth-order valence-electron chi connectivity index (χ4n) is 4.26. The summed E-state index contributed by atoms with van der Waals surface area (Å²) < 4.78 is 8.84. The topological polar surface area (TPSA) is 64.2 Å². The summed E-state index contributed by atoms with van der Waals surface area (Å²) >= 11 is 1.44. The number of aromatic nitrogens is 2. The summed E-state index contributed by atoms with van der Waals surface area (Å²) in [5, 5.41) is 0.618. The molecule has 0 bridgehead atoms. The van der Waals surface area contributed by atoms with Gasteiger partial charge in [0.05, 0.1) is 11.6 Å². The molecule has 2 unspecified atom stereocenters. The molecule has 1 aromatic carbocycles. The molecule has 2 aromatic rings. The Morgan fingerprint density at radius 2 is 2.00 bits per heavy atom. The number of fused-ring (bicyclic) bond motifs is 1. The molecule has 34 heavy (non-hydrogen) atoms. The van der Waals surface area contributed by atoms with Crippen LogP contribution >= 0.6 is 11.8 Å². The highest BCUT2D eigenvalue weighted by molar-refractivity contribution is 7.98. The number of carbonyl (C=O) groups excluding carboxylic acids is 1. The number of ether oxygens (including phenoxy) is 1. The summed E-state index contributed by atoms with van der Waals surface area (Å²) in [5.74, 6) is 0.479. The molecule has 1 aromatic heterocycles. The number of allylic oxidation sites excluding steroid dienone is 4. The minimum Gasteiger partial charge on any atom is -0.406 e. The summed E-state index contributed by atoms with van der Waals surface area (Å²) in [6.45, 7) is 8.08. The molecule has 1 aliphatic carbocycles. The number of nitrogens with zero attached hydrogens (tertiary/aromatic N) is 3. The Balaban J connectivity index is 1.84. The predicted molar refractivity (Wildman–Crippen MR) is 136 cm³/mol. The van der Waals surface area contributed by atoms with Crippen LogP contribution in [0.5, 0.6) is 0 Å². The van der Waals surface area contributed by atoms with E-state index in [1.807, 2.05) is 49.8 Å². The number of amides is 1. The van der Waals surface area contributed by atoms with Crippen LogP contribution in [0.4, 0.5) is 4.79 Å². The molecule has 0 saturated heterocycles. The van der Waals surface area contributed by atoms with E-state index in [-0.39, 0.29) is 11.6 Å². The lowest BCUT2D eigenvalue weighted by molar-refractivity contribution is -0.447. The maximum absolute atomic E-state index is 13.9. The van der Waals surface area contributed by atoms with E-state index in [2.05, 4.69) is 37.3 Å². The van der Waals surface area contributed by atoms with Crippen molar-refractivity contribution >= 4 is 24.1 Å². The van der Waals surface area contributed by atoms with Crippen LogP contribution in [0.15, 0.2) is 64.1 Å². The van der Waals surface area contributed by atoms with E-state index in [1.54, 1.807) is 6.21 Å². The molecule has 0 fully saturated rings. The van der Waals surface area contributed by atoms with Gasteiger partial charge in [0, 0.05) is 6.42 Å². The van der Waals surface area contributed by atoms with Crippen LogP contribution in [0.3, 0.4) is 0 Å². The van der Waals surface area contributed by atoms with Crippen LogP contribution in [0.25, 0.3) is 0 Å². The molecule has 0 spiro atoms. The summed E-state index contributed by atoms with van der Waals surface area (Å²) in [6, 6.07) is 9.84. The molecule has 0 radical (unpaired) electrons. The predicted octanol–water partition coefficient (Wildman–Crippen LogP) is 5.00. The van der Waals surface area contributed by atoms with E-state index in [0.717, 1.165) is 17.6 Å². The van der Waals surface area contributed by atoms with Crippen molar-refractivity contribution in [3.05, 3.63) is 81.3 Å². The lowest BCUT2D eigenvalue weighted by Gasteiger charge is -2.27. The average molecular weight is 479 g/mol. The number of hydrogen-bond donors (Lipinski definition) is 0. The van der Waals surface area contributed by atoms with Gasteiger partial charge in [-0.15, -0.1) is 4.58 Å². The fourth-order valence-corrected chi connectivity index (χ4v) is 4.84. The molecule has 0 N–H and O–H groups in total. The third-order valence-electron chi connectivity index (χ3n) is 5.93. The first kappa shape index (κ1) is 24.2. The molecule has 2 atom stereocenters. The van der Waals surface area contributed by atoms with Crippen molar-refractivity contribution in [3.8, 4) is 0 Å². The van der Waals surface area contributed by atoms with E-state index in [1.165, 1.54) is 16.3 Å². The van der Waals surface area contributed by atoms with Crippen LogP contribution in [0.2, 0.25) is 0 Å². The molecule has 4 rings (SSSR count). The van der Waals surface area contributed by atoms with Crippen molar-refractivity contribution in [2.75, 3.05) is 12.8 Å². The van der Waals surface area contributed by atoms with Crippen molar-refractivity contribution in [1.29, 1.82) is 0 Å². The Morgan fingerprint density at radius 3 is 2.62 bits per heavy atom. The normalized spacial score (nSPS) is 18.6. The molecule has 0 saturated carbocycles. The van der Waals surface area contributed by atoms with Crippen LogP contribution in [0.1, 0.15) is 57.0 Å². The molecule has 2 aliphatic rings.